The molecule has 1 heterocycles. The van der Waals surface area contributed by atoms with Gasteiger partial charge < -0.3 is 10.2 Å². The van der Waals surface area contributed by atoms with Gasteiger partial charge in [0.05, 0.1) is 11.3 Å². The van der Waals surface area contributed by atoms with Crippen LogP contribution in [0.25, 0.3) is 11.0 Å². The average molecular weight is 191 g/mol. The van der Waals surface area contributed by atoms with Gasteiger partial charge in [-0.05, 0) is 23.8 Å². The van der Waals surface area contributed by atoms with Crippen LogP contribution in [0.1, 0.15) is 5.56 Å². The lowest BCUT2D eigenvalue weighted by molar-refractivity contribution is 0.616. The summed E-state index contributed by atoms with van der Waals surface area (Å²) in [5, 5.41) is 1.09. The second-order valence-corrected chi connectivity index (χ2v) is 3.46. The summed E-state index contributed by atoms with van der Waals surface area (Å²) in [5.74, 6) is 0. The Balaban J connectivity index is 2.42. The molecule has 3 heteroatoms. The largest absolute Gasteiger partial charge is 0.464 e. The van der Waals surface area contributed by atoms with Crippen LogP contribution >= 0.6 is 12.2 Å². The normalized spacial score (nSPS) is 10.5. The molecular weight excluding hydrogens is 182 g/mol. The molecule has 0 spiro atoms. The molecule has 0 unspecified atom stereocenters. The standard InChI is InChI=1S/C10H9NOS/c11-10(13)6-7-1-2-9-8(5-7)3-4-12-9/h1-5H,6H2,(H2,11,13). The summed E-state index contributed by atoms with van der Waals surface area (Å²) in [6.45, 7) is 0. The van der Waals surface area contributed by atoms with Crippen LogP contribution in [0.3, 0.4) is 0 Å². The van der Waals surface area contributed by atoms with Crippen LogP contribution in [-0.2, 0) is 6.42 Å². The van der Waals surface area contributed by atoms with Crippen molar-refractivity contribution in [3.8, 4) is 0 Å². The van der Waals surface area contributed by atoms with Crippen molar-refractivity contribution in [2.24, 2.45) is 5.73 Å². The molecule has 0 fully saturated rings. The lowest BCUT2D eigenvalue weighted by Crippen LogP contribution is -2.10. The highest BCUT2D eigenvalue weighted by Crippen LogP contribution is 2.17. The highest BCUT2D eigenvalue weighted by Gasteiger charge is 1.99. The zero-order chi connectivity index (χ0) is 9.26. The Kier molecular flexibility index (Phi) is 2.02. The van der Waals surface area contributed by atoms with E-state index >= 15 is 0 Å². The molecule has 2 rings (SSSR count). The second-order valence-electron chi connectivity index (χ2n) is 2.94. The minimum absolute atomic E-state index is 0.517. The van der Waals surface area contributed by atoms with E-state index in [9.17, 15) is 0 Å². The van der Waals surface area contributed by atoms with E-state index in [4.69, 9.17) is 22.4 Å². The quantitative estimate of drug-likeness (QED) is 0.740. The Hall–Kier alpha value is -1.35. The molecule has 2 aromatic rings. The Labute approximate surface area is 81.3 Å². The molecule has 13 heavy (non-hydrogen) atoms. The minimum Gasteiger partial charge on any atom is -0.464 e. The van der Waals surface area contributed by atoms with Crippen LogP contribution in [-0.4, -0.2) is 4.99 Å². The number of hydrogen-bond donors (Lipinski definition) is 1. The molecule has 2 nitrogen and oxygen atoms in total. The highest BCUT2D eigenvalue weighted by atomic mass is 32.1. The third kappa shape index (κ3) is 1.70. The van der Waals surface area contributed by atoms with Gasteiger partial charge in [-0.2, -0.15) is 0 Å². The van der Waals surface area contributed by atoms with E-state index in [-0.39, 0.29) is 0 Å². The van der Waals surface area contributed by atoms with Crippen LogP contribution in [0.4, 0.5) is 0 Å². The highest BCUT2D eigenvalue weighted by molar-refractivity contribution is 7.80. The first-order valence-corrected chi connectivity index (χ1v) is 4.41. The zero-order valence-electron chi connectivity index (χ0n) is 6.99. The minimum atomic E-state index is 0.517. The summed E-state index contributed by atoms with van der Waals surface area (Å²) in [6.07, 6.45) is 2.33. The molecule has 0 amide bonds. The fourth-order valence-electron chi connectivity index (χ4n) is 1.33. The van der Waals surface area contributed by atoms with Crippen LogP contribution in [0, 0.1) is 0 Å². The van der Waals surface area contributed by atoms with Crippen LogP contribution in [0.15, 0.2) is 34.9 Å². The number of rotatable bonds is 2. The van der Waals surface area contributed by atoms with Crippen molar-refractivity contribution in [3.63, 3.8) is 0 Å². The number of benzene rings is 1. The molecule has 0 aliphatic rings. The number of thiocarbonyl (C=S) groups is 1. The van der Waals surface area contributed by atoms with Gasteiger partial charge in [0.2, 0.25) is 0 Å². The lowest BCUT2D eigenvalue weighted by Gasteiger charge is -1.98. The lowest BCUT2D eigenvalue weighted by atomic mass is 10.1. The molecule has 0 saturated carbocycles. The maximum atomic E-state index is 5.45. The molecule has 0 bridgehead atoms. The van der Waals surface area contributed by atoms with Crippen molar-refractivity contribution in [2.75, 3.05) is 0 Å². The third-order valence-electron chi connectivity index (χ3n) is 1.90. The molecule has 0 atom stereocenters. The van der Waals surface area contributed by atoms with Gasteiger partial charge in [0, 0.05) is 11.8 Å². The number of furan rings is 1. The van der Waals surface area contributed by atoms with Gasteiger partial charge in [-0.15, -0.1) is 0 Å². The van der Waals surface area contributed by atoms with E-state index in [2.05, 4.69) is 0 Å². The van der Waals surface area contributed by atoms with E-state index < -0.39 is 0 Å². The summed E-state index contributed by atoms with van der Waals surface area (Å²) in [6, 6.07) is 7.88. The maximum Gasteiger partial charge on any atom is 0.133 e. The number of fused-ring (bicyclic) bond motifs is 1. The van der Waals surface area contributed by atoms with E-state index in [0.29, 0.717) is 11.4 Å². The Bertz CT molecular complexity index is 447. The van der Waals surface area contributed by atoms with Crippen LogP contribution in [0.2, 0.25) is 0 Å². The molecule has 66 valence electrons. The van der Waals surface area contributed by atoms with Gasteiger partial charge in [0.15, 0.2) is 0 Å². The van der Waals surface area contributed by atoms with Crippen LogP contribution < -0.4 is 5.73 Å². The van der Waals surface area contributed by atoms with Crippen molar-refractivity contribution in [1.29, 1.82) is 0 Å². The van der Waals surface area contributed by atoms with Crippen molar-refractivity contribution < 1.29 is 4.42 Å². The van der Waals surface area contributed by atoms with E-state index in [1.807, 2.05) is 24.3 Å². The smallest absolute Gasteiger partial charge is 0.133 e. The first-order chi connectivity index (χ1) is 6.25. The summed E-state index contributed by atoms with van der Waals surface area (Å²) >= 11 is 4.83. The van der Waals surface area contributed by atoms with Gasteiger partial charge in [-0.3, -0.25) is 0 Å². The zero-order valence-corrected chi connectivity index (χ0v) is 7.80. The predicted molar refractivity (Wildman–Crippen MR) is 56.7 cm³/mol. The van der Waals surface area contributed by atoms with Crippen LogP contribution in [0.5, 0.6) is 0 Å². The van der Waals surface area contributed by atoms with Crippen molar-refractivity contribution in [2.45, 2.75) is 6.42 Å². The topological polar surface area (TPSA) is 39.2 Å². The van der Waals surface area contributed by atoms with Gasteiger partial charge in [-0.1, -0.05) is 18.3 Å². The molecule has 0 radical (unpaired) electrons. The molecule has 1 aromatic heterocycles. The van der Waals surface area contributed by atoms with E-state index in [1.54, 1.807) is 6.26 Å². The number of nitrogens with two attached hydrogens (primary N) is 1. The second kappa shape index (κ2) is 3.18. The first-order valence-electron chi connectivity index (χ1n) is 4.00. The molecule has 0 aliphatic carbocycles. The average Bonchev–Trinajstić information content (AvgIpc) is 2.49. The SMILES string of the molecule is NC(=S)Cc1ccc2occc2c1. The Morgan fingerprint density at radius 3 is 3.00 bits per heavy atom. The van der Waals surface area contributed by atoms with Crippen molar-refractivity contribution >= 4 is 28.2 Å². The van der Waals surface area contributed by atoms with Gasteiger partial charge in [-0.25, -0.2) is 0 Å². The first kappa shape index (κ1) is 8.26. The van der Waals surface area contributed by atoms with E-state index in [1.165, 1.54) is 0 Å². The Morgan fingerprint density at radius 2 is 2.23 bits per heavy atom. The molecule has 1 aromatic carbocycles. The number of hydrogen-bond acceptors (Lipinski definition) is 2. The maximum absolute atomic E-state index is 5.45. The summed E-state index contributed by atoms with van der Waals surface area (Å²) in [5.41, 5.74) is 7.47. The molecular formula is C10H9NOS. The molecule has 2 N–H and O–H groups in total. The third-order valence-corrected chi connectivity index (χ3v) is 2.04. The molecule has 0 saturated heterocycles. The fourth-order valence-corrected chi connectivity index (χ4v) is 1.49. The Morgan fingerprint density at radius 1 is 1.38 bits per heavy atom. The van der Waals surface area contributed by atoms with Crippen molar-refractivity contribution in [1.82, 2.24) is 0 Å². The van der Waals surface area contributed by atoms with Gasteiger partial charge in [0.25, 0.3) is 0 Å². The van der Waals surface area contributed by atoms with Gasteiger partial charge in [0.1, 0.15) is 5.58 Å². The predicted octanol–water partition coefficient (Wildman–Crippen LogP) is 2.26. The summed E-state index contributed by atoms with van der Waals surface area (Å²) in [7, 11) is 0. The summed E-state index contributed by atoms with van der Waals surface area (Å²) in [4.78, 5) is 0.517. The monoisotopic (exact) mass is 191 g/mol. The van der Waals surface area contributed by atoms with Gasteiger partial charge >= 0.3 is 0 Å². The molecule has 0 aliphatic heterocycles. The van der Waals surface area contributed by atoms with E-state index in [0.717, 1.165) is 16.5 Å². The fraction of sp³-hybridized carbons (Fsp3) is 0.100. The summed E-state index contributed by atoms with van der Waals surface area (Å²) < 4.78 is 5.21. The van der Waals surface area contributed by atoms with Crippen molar-refractivity contribution in [3.05, 3.63) is 36.1 Å².